The van der Waals surface area contributed by atoms with Gasteiger partial charge in [-0.15, -0.1) is 8.78 Å². The van der Waals surface area contributed by atoms with E-state index in [0.717, 1.165) is 6.07 Å². The number of halogens is 4. The summed E-state index contributed by atoms with van der Waals surface area (Å²) in [5.41, 5.74) is -0.722. The monoisotopic (exact) mass is 346 g/mol. The van der Waals surface area contributed by atoms with E-state index in [1.165, 1.54) is 22.6 Å². The van der Waals surface area contributed by atoms with Crippen molar-refractivity contribution in [2.75, 3.05) is 0 Å². The number of carboxylic acid groups (broad SMARTS) is 1. The van der Waals surface area contributed by atoms with Gasteiger partial charge in [-0.1, -0.05) is 0 Å². The second-order valence-corrected chi connectivity index (χ2v) is 4.01. The van der Waals surface area contributed by atoms with Crippen molar-refractivity contribution in [1.29, 1.82) is 0 Å². The molecule has 0 fully saturated rings. The Morgan fingerprint density at radius 1 is 1.44 bits per heavy atom. The molecule has 2 rings (SSSR count). The predicted molar refractivity (Wildman–Crippen MR) is 52.3 cm³/mol. The number of rotatable bonds is 1. The van der Waals surface area contributed by atoms with E-state index in [9.17, 15) is 18.0 Å². The predicted octanol–water partition coefficient (Wildman–Crippen LogP) is 2.45. The second kappa shape index (κ2) is 3.40. The van der Waals surface area contributed by atoms with Crippen LogP contribution in [-0.4, -0.2) is 17.4 Å². The van der Waals surface area contributed by atoms with E-state index in [0.29, 0.717) is 0 Å². The average Bonchev–Trinajstić information content (AvgIpc) is 2.39. The van der Waals surface area contributed by atoms with Gasteiger partial charge in [0.1, 0.15) is 5.56 Å². The maximum atomic E-state index is 13.5. The van der Waals surface area contributed by atoms with E-state index in [1.807, 2.05) is 0 Å². The first kappa shape index (κ1) is 11.3. The Labute approximate surface area is 100 Å². The van der Waals surface area contributed by atoms with Crippen LogP contribution in [0.15, 0.2) is 6.07 Å². The first-order valence-corrected chi connectivity index (χ1v) is 4.91. The average molecular weight is 346 g/mol. The van der Waals surface area contributed by atoms with Crippen LogP contribution in [0.5, 0.6) is 11.5 Å². The molecule has 1 N–H and O–H groups in total. The molecular weight excluding hydrogens is 344 g/mol. The molecule has 0 aromatic heterocycles. The summed E-state index contributed by atoms with van der Waals surface area (Å²) >= 11 is 1.51. The van der Waals surface area contributed by atoms with Gasteiger partial charge >= 0.3 is 12.3 Å². The lowest BCUT2D eigenvalue weighted by molar-refractivity contribution is -0.287. The highest BCUT2D eigenvalue weighted by atomic mass is 127. The van der Waals surface area contributed by atoms with Crippen molar-refractivity contribution in [3.05, 3.63) is 21.0 Å². The molecule has 1 aliphatic heterocycles. The van der Waals surface area contributed by atoms with Crippen molar-refractivity contribution in [1.82, 2.24) is 0 Å². The van der Waals surface area contributed by atoms with Crippen molar-refractivity contribution in [3.8, 4) is 11.5 Å². The summed E-state index contributed by atoms with van der Waals surface area (Å²) in [6.45, 7) is 0. The van der Waals surface area contributed by atoms with Gasteiger partial charge in [-0.25, -0.2) is 9.18 Å². The fraction of sp³-hybridized carbons (Fsp3) is 0.125. The first-order chi connectivity index (χ1) is 7.32. The third-order valence-electron chi connectivity index (χ3n) is 1.80. The Balaban J connectivity index is 2.63. The quantitative estimate of drug-likeness (QED) is 0.794. The molecule has 0 bridgehead atoms. The number of fused-ring (bicyclic) bond motifs is 1. The minimum Gasteiger partial charge on any atom is -0.478 e. The lowest BCUT2D eigenvalue weighted by Gasteiger charge is -2.04. The number of carbonyl (C=O) groups is 1. The van der Waals surface area contributed by atoms with Gasteiger partial charge in [-0.05, 0) is 28.7 Å². The Kier molecular flexibility index (Phi) is 2.40. The smallest absolute Gasteiger partial charge is 0.478 e. The summed E-state index contributed by atoms with van der Waals surface area (Å²) in [6.07, 6.45) is -3.97. The second-order valence-electron chi connectivity index (χ2n) is 2.85. The molecule has 0 atom stereocenters. The molecule has 1 aromatic carbocycles. The largest absolute Gasteiger partial charge is 0.586 e. The molecule has 1 heterocycles. The number of hydrogen-bond acceptors (Lipinski definition) is 3. The molecule has 0 saturated heterocycles. The van der Waals surface area contributed by atoms with Gasteiger partial charge in [0.15, 0.2) is 11.6 Å². The van der Waals surface area contributed by atoms with E-state index in [1.54, 1.807) is 0 Å². The van der Waals surface area contributed by atoms with Crippen molar-refractivity contribution >= 4 is 28.6 Å². The van der Waals surface area contributed by atoms with E-state index >= 15 is 0 Å². The number of benzene rings is 1. The summed E-state index contributed by atoms with van der Waals surface area (Å²) in [7, 11) is 0. The van der Waals surface area contributed by atoms with E-state index in [2.05, 4.69) is 9.47 Å². The lowest BCUT2D eigenvalue weighted by Crippen LogP contribution is -2.26. The summed E-state index contributed by atoms with van der Waals surface area (Å²) in [5.74, 6) is -4.34. The third-order valence-corrected chi connectivity index (χ3v) is 2.65. The van der Waals surface area contributed by atoms with E-state index in [4.69, 9.17) is 5.11 Å². The molecule has 0 aliphatic carbocycles. The number of hydrogen-bond donors (Lipinski definition) is 1. The van der Waals surface area contributed by atoms with Crippen LogP contribution in [0, 0.1) is 9.39 Å². The normalized spacial score (nSPS) is 16.2. The maximum absolute atomic E-state index is 13.5. The third kappa shape index (κ3) is 1.66. The van der Waals surface area contributed by atoms with Gasteiger partial charge in [0.25, 0.3) is 0 Å². The van der Waals surface area contributed by atoms with Crippen LogP contribution in [0.3, 0.4) is 0 Å². The highest BCUT2D eigenvalue weighted by molar-refractivity contribution is 14.1. The number of carboxylic acids is 1. The minimum atomic E-state index is -3.97. The topological polar surface area (TPSA) is 55.8 Å². The van der Waals surface area contributed by atoms with Gasteiger partial charge in [-0.3, -0.25) is 0 Å². The molecular formula is C8H2F3IO4. The molecule has 86 valence electrons. The van der Waals surface area contributed by atoms with Gasteiger partial charge in [-0.2, -0.15) is 0 Å². The Morgan fingerprint density at radius 3 is 2.62 bits per heavy atom. The zero-order valence-corrected chi connectivity index (χ0v) is 9.42. The standard InChI is InChI=1S/C8H2F3IO4/c9-5-4(7(13)14)2(12)1-3-6(5)16-8(10,11)15-3/h1H,(H,13,14). The van der Waals surface area contributed by atoms with Crippen molar-refractivity contribution in [2.45, 2.75) is 6.29 Å². The van der Waals surface area contributed by atoms with Crippen LogP contribution in [0.4, 0.5) is 13.2 Å². The first-order valence-electron chi connectivity index (χ1n) is 3.83. The van der Waals surface area contributed by atoms with Gasteiger partial charge < -0.3 is 14.6 Å². The van der Waals surface area contributed by atoms with Gasteiger partial charge in [0, 0.05) is 3.57 Å². The van der Waals surface area contributed by atoms with Crippen LogP contribution in [0.1, 0.15) is 10.4 Å². The fourth-order valence-electron chi connectivity index (χ4n) is 1.21. The van der Waals surface area contributed by atoms with Crippen LogP contribution in [0.25, 0.3) is 0 Å². The van der Waals surface area contributed by atoms with Crippen molar-refractivity contribution in [3.63, 3.8) is 0 Å². The van der Waals surface area contributed by atoms with Crippen LogP contribution < -0.4 is 9.47 Å². The Morgan fingerprint density at radius 2 is 2.06 bits per heavy atom. The zero-order valence-electron chi connectivity index (χ0n) is 7.26. The number of ether oxygens (including phenoxy) is 2. The lowest BCUT2D eigenvalue weighted by atomic mass is 10.2. The summed E-state index contributed by atoms with van der Waals surface area (Å²) < 4.78 is 46.6. The van der Waals surface area contributed by atoms with Crippen molar-refractivity contribution in [2.24, 2.45) is 0 Å². The molecule has 8 heteroatoms. The number of aromatic carboxylic acids is 1. The van der Waals surface area contributed by atoms with Gasteiger partial charge in [0.2, 0.25) is 5.75 Å². The highest BCUT2D eigenvalue weighted by Crippen LogP contribution is 2.45. The molecule has 16 heavy (non-hydrogen) atoms. The van der Waals surface area contributed by atoms with Gasteiger partial charge in [0.05, 0.1) is 0 Å². The highest BCUT2D eigenvalue weighted by Gasteiger charge is 2.46. The molecule has 0 saturated carbocycles. The SMILES string of the molecule is O=C(O)c1c(I)cc2c(c1F)OC(F)(F)O2. The van der Waals surface area contributed by atoms with E-state index < -0.39 is 35.1 Å². The Bertz CT molecular complexity index is 489. The van der Waals surface area contributed by atoms with Crippen LogP contribution in [0.2, 0.25) is 0 Å². The van der Waals surface area contributed by atoms with Crippen LogP contribution >= 0.6 is 22.6 Å². The molecule has 0 unspecified atom stereocenters. The molecule has 1 aliphatic rings. The Hall–Kier alpha value is -1.19. The zero-order chi connectivity index (χ0) is 12.1. The number of alkyl halides is 2. The summed E-state index contributed by atoms with van der Waals surface area (Å²) in [4.78, 5) is 10.7. The molecule has 0 amide bonds. The molecule has 0 radical (unpaired) electrons. The molecule has 0 spiro atoms. The minimum absolute atomic E-state index is 0.0531. The van der Waals surface area contributed by atoms with E-state index in [-0.39, 0.29) is 3.57 Å². The van der Waals surface area contributed by atoms with Crippen LogP contribution in [-0.2, 0) is 0 Å². The summed E-state index contributed by atoms with van der Waals surface area (Å²) in [6, 6.07) is 0.976. The maximum Gasteiger partial charge on any atom is 0.586 e. The summed E-state index contributed by atoms with van der Waals surface area (Å²) in [5, 5.41) is 8.68. The molecule has 1 aromatic rings. The van der Waals surface area contributed by atoms with Crippen molar-refractivity contribution < 1.29 is 32.5 Å². The molecule has 4 nitrogen and oxygen atoms in total. The fourth-order valence-corrected chi connectivity index (χ4v) is 1.96.